The Balaban J connectivity index is 1.37. The molecule has 0 N–H and O–H groups in total. The molecule has 2 fully saturated rings. The highest BCUT2D eigenvalue weighted by Crippen LogP contribution is 2.62. The molecule has 0 nitrogen and oxygen atoms in total. The molecule has 0 bridgehead atoms. The molecule has 3 aromatic carbocycles. The Morgan fingerprint density at radius 3 is 1.69 bits per heavy atom. The van der Waals surface area contributed by atoms with Crippen molar-refractivity contribution in [2.75, 3.05) is 0 Å². The highest BCUT2D eigenvalue weighted by Gasteiger charge is 2.39. The van der Waals surface area contributed by atoms with Crippen LogP contribution in [0.15, 0.2) is 103 Å². The fourth-order valence-electron chi connectivity index (χ4n) is 7.37. The molecule has 0 unspecified atom stereocenters. The molecule has 3 aliphatic rings. The Hall–Kier alpha value is -2.00. The van der Waals surface area contributed by atoms with Gasteiger partial charge in [0, 0.05) is 5.92 Å². The van der Waals surface area contributed by atoms with E-state index in [4.69, 9.17) is 0 Å². The molecule has 0 amide bonds. The zero-order chi connectivity index (χ0) is 26.4. The number of allylic oxidation sites excluding steroid dienone is 4. The number of hydrogen-bond acceptors (Lipinski definition) is 0. The van der Waals surface area contributed by atoms with Gasteiger partial charge in [-0.05, 0) is 77.6 Å². The summed E-state index contributed by atoms with van der Waals surface area (Å²) in [5.41, 5.74) is 5.55. The van der Waals surface area contributed by atoms with Gasteiger partial charge >= 0.3 is 0 Å². The summed E-state index contributed by atoms with van der Waals surface area (Å²) in [5, 5.41) is 4.35. The van der Waals surface area contributed by atoms with Gasteiger partial charge in [-0.1, -0.05) is 157 Å². The van der Waals surface area contributed by atoms with Crippen molar-refractivity contribution in [2.45, 2.75) is 88.1 Å². The van der Waals surface area contributed by atoms with Gasteiger partial charge in [-0.2, -0.15) is 0 Å². The summed E-state index contributed by atoms with van der Waals surface area (Å²) in [7, 11) is -0.660. The van der Waals surface area contributed by atoms with Crippen LogP contribution in [0.4, 0.5) is 0 Å². The van der Waals surface area contributed by atoms with Gasteiger partial charge < -0.3 is 0 Å². The Morgan fingerprint density at radius 2 is 1.13 bits per heavy atom. The van der Waals surface area contributed by atoms with Crippen molar-refractivity contribution in [3.63, 3.8) is 0 Å². The van der Waals surface area contributed by atoms with Crippen molar-refractivity contribution < 1.29 is 0 Å². The van der Waals surface area contributed by atoms with E-state index in [1.165, 1.54) is 91.3 Å². The van der Waals surface area contributed by atoms with Crippen LogP contribution < -0.4 is 15.9 Å². The van der Waals surface area contributed by atoms with Crippen LogP contribution in [0.5, 0.6) is 0 Å². The molecular formula is C37H43P2. The molecular weight excluding hydrogens is 506 g/mol. The predicted octanol–water partition coefficient (Wildman–Crippen LogP) is 9.51. The lowest BCUT2D eigenvalue weighted by molar-refractivity contribution is 0.482. The minimum absolute atomic E-state index is 0.0227. The molecule has 6 rings (SSSR count). The maximum atomic E-state index is 2.62. The van der Waals surface area contributed by atoms with E-state index in [0.29, 0.717) is 5.66 Å². The molecule has 3 aromatic rings. The van der Waals surface area contributed by atoms with E-state index in [9.17, 15) is 0 Å². The molecule has 2 heteroatoms. The predicted molar refractivity (Wildman–Crippen MR) is 176 cm³/mol. The molecule has 0 spiro atoms. The smallest absolute Gasteiger partial charge is 0.0344 e. The Kier molecular flexibility index (Phi) is 9.14. The largest absolute Gasteiger partial charge is 0.0962 e. The van der Waals surface area contributed by atoms with Crippen LogP contribution in [0.1, 0.15) is 76.7 Å². The van der Waals surface area contributed by atoms with E-state index < -0.39 is 7.92 Å². The second-order valence-electron chi connectivity index (χ2n) is 11.6. The van der Waals surface area contributed by atoms with Crippen molar-refractivity contribution in [3.8, 4) is 0 Å². The van der Waals surface area contributed by atoms with E-state index in [0.717, 1.165) is 11.3 Å². The van der Waals surface area contributed by atoms with Crippen LogP contribution >= 0.6 is 15.8 Å². The van der Waals surface area contributed by atoms with E-state index in [1.54, 1.807) is 5.92 Å². The molecule has 1 radical (unpaired) electrons. The lowest BCUT2D eigenvalue weighted by Crippen LogP contribution is -2.29. The Labute approximate surface area is 239 Å². The summed E-state index contributed by atoms with van der Waals surface area (Å²) in [5.74, 6) is 1.63. The molecule has 3 aliphatic carbocycles. The summed E-state index contributed by atoms with van der Waals surface area (Å²) in [6.07, 6.45) is 21.9. The summed E-state index contributed by atoms with van der Waals surface area (Å²) in [6.45, 7) is 2.62. The van der Waals surface area contributed by atoms with Gasteiger partial charge in [0.05, 0.1) is 0 Å². The molecule has 2 saturated carbocycles. The van der Waals surface area contributed by atoms with Crippen LogP contribution in [0.3, 0.4) is 0 Å². The molecule has 0 heterocycles. The van der Waals surface area contributed by atoms with Crippen LogP contribution in [0.25, 0.3) is 5.57 Å². The van der Waals surface area contributed by atoms with Gasteiger partial charge in [0.25, 0.3) is 0 Å². The highest BCUT2D eigenvalue weighted by atomic mass is 31.1. The minimum atomic E-state index is -0.637. The standard InChI is InChI=1S/C37H43P2/c1-29(38(30-17-6-2-7-18-30)31-19-8-3-9-20-31)34-26-16-27-35(34)36-25-14-15-28-37(36)39(32-21-10-4-11-22-32)33-23-12-5-13-24-33/h4-5,10-16,21-31H,2-3,6-9,17-20H2,1H3/t29-/m1/s1. The van der Waals surface area contributed by atoms with Gasteiger partial charge in [0.1, 0.15) is 0 Å². The van der Waals surface area contributed by atoms with E-state index in [-0.39, 0.29) is 7.92 Å². The first-order valence-corrected chi connectivity index (χ1v) is 18.2. The zero-order valence-electron chi connectivity index (χ0n) is 23.5. The maximum Gasteiger partial charge on any atom is 0.0344 e. The Morgan fingerprint density at radius 1 is 0.615 bits per heavy atom. The third kappa shape index (κ3) is 6.04. The number of benzene rings is 3. The third-order valence-corrected chi connectivity index (χ3v) is 15.6. The van der Waals surface area contributed by atoms with Gasteiger partial charge in [0.15, 0.2) is 0 Å². The summed E-state index contributed by atoms with van der Waals surface area (Å²) in [6, 6.07) is 31.7. The van der Waals surface area contributed by atoms with Gasteiger partial charge in [-0.15, -0.1) is 0 Å². The van der Waals surface area contributed by atoms with E-state index in [2.05, 4.69) is 110 Å². The average Bonchev–Trinajstić information content (AvgIpc) is 3.50. The molecule has 0 aliphatic heterocycles. The first-order chi connectivity index (χ1) is 19.3. The van der Waals surface area contributed by atoms with E-state index >= 15 is 0 Å². The molecule has 0 aromatic heterocycles. The topological polar surface area (TPSA) is 0 Å². The highest BCUT2D eigenvalue weighted by molar-refractivity contribution is 7.80. The fourth-order valence-corrected chi connectivity index (χ4v) is 14.2. The second kappa shape index (κ2) is 13.1. The van der Waals surface area contributed by atoms with Gasteiger partial charge in [0.2, 0.25) is 0 Å². The van der Waals surface area contributed by atoms with Gasteiger partial charge in [-0.25, -0.2) is 0 Å². The second-order valence-corrected chi connectivity index (χ2v) is 16.9. The fraction of sp³-hybridized carbons (Fsp3) is 0.378. The van der Waals surface area contributed by atoms with Gasteiger partial charge in [-0.3, -0.25) is 0 Å². The van der Waals surface area contributed by atoms with Crippen molar-refractivity contribution in [2.24, 2.45) is 0 Å². The minimum Gasteiger partial charge on any atom is -0.0962 e. The Bertz CT molecular complexity index is 1190. The monoisotopic (exact) mass is 549 g/mol. The quantitative estimate of drug-likeness (QED) is 0.246. The zero-order valence-corrected chi connectivity index (χ0v) is 25.3. The van der Waals surface area contributed by atoms with Crippen LogP contribution in [0, 0.1) is 5.92 Å². The van der Waals surface area contributed by atoms with Crippen molar-refractivity contribution in [1.82, 2.24) is 0 Å². The number of hydrogen-bond donors (Lipinski definition) is 0. The van der Waals surface area contributed by atoms with Crippen LogP contribution in [-0.4, -0.2) is 17.0 Å². The lowest BCUT2D eigenvalue weighted by atomic mass is 9.93. The summed E-state index contributed by atoms with van der Waals surface area (Å²) >= 11 is 0. The van der Waals surface area contributed by atoms with Crippen molar-refractivity contribution >= 4 is 37.3 Å². The first-order valence-electron chi connectivity index (χ1n) is 15.3. The SMILES string of the molecule is C[C@H]([C]1C=CC=C1c1ccccc1P(c1ccccc1)c1ccccc1)P(C1CCCCC1)C1CCCCC1. The first kappa shape index (κ1) is 27.2. The van der Waals surface area contributed by atoms with Crippen LogP contribution in [-0.2, 0) is 0 Å². The van der Waals surface area contributed by atoms with Crippen LogP contribution in [0.2, 0.25) is 0 Å². The normalized spacial score (nSPS) is 20.0. The molecule has 201 valence electrons. The maximum absolute atomic E-state index is 2.62. The molecule has 0 saturated heterocycles. The average molecular weight is 550 g/mol. The molecule has 39 heavy (non-hydrogen) atoms. The summed E-state index contributed by atoms with van der Waals surface area (Å²) < 4.78 is 0. The molecule has 1 atom stereocenters. The van der Waals surface area contributed by atoms with Crippen molar-refractivity contribution in [1.29, 1.82) is 0 Å². The van der Waals surface area contributed by atoms with E-state index in [1.807, 2.05) is 0 Å². The van der Waals surface area contributed by atoms with Crippen molar-refractivity contribution in [3.05, 3.63) is 115 Å². The number of rotatable bonds is 8. The lowest BCUT2D eigenvalue weighted by Gasteiger charge is -2.44. The third-order valence-electron chi connectivity index (χ3n) is 9.20. The summed E-state index contributed by atoms with van der Waals surface area (Å²) in [4.78, 5) is 0.